The smallest absolute Gasteiger partial charge is 0.182 e. The number of anilines is 1. The third-order valence-electron chi connectivity index (χ3n) is 4.06. The van der Waals surface area contributed by atoms with Crippen LogP contribution in [0.1, 0.15) is 40.0 Å². The first-order valence-corrected chi connectivity index (χ1v) is 6.81. The second kappa shape index (κ2) is 5.38. The molecule has 1 aromatic heterocycles. The van der Waals surface area contributed by atoms with Gasteiger partial charge in [0.05, 0.1) is 5.54 Å². The van der Waals surface area contributed by atoms with E-state index in [-0.39, 0.29) is 5.54 Å². The van der Waals surface area contributed by atoms with Gasteiger partial charge in [-0.2, -0.15) is 0 Å². The summed E-state index contributed by atoms with van der Waals surface area (Å²) in [4.78, 5) is 0. The van der Waals surface area contributed by atoms with Crippen LogP contribution in [-0.2, 0) is 5.54 Å². The fraction of sp³-hybridized carbons (Fsp3) is 0.500. The van der Waals surface area contributed by atoms with Crippen LogP contribution in [0.15, 0.2) is 24.3 Å². The molecule has 2 aromatic rings. The predicted octanol–water partition coefficient (Wildman–Crippen LogP) is 2.85. The van der Waals surface area contributed by atoms with Gasteiger partial charge in [-0.1, -0.05) is 20.8 Å². The molecule has 1 heterocycles. The predicted molar refractivity (Wildman–Crippen MR) is 76.5 cm³/mol. The van der Waals surface area contributed by atoms with E-state index in [4.69, 9.17) is 5.73 Å². The van der Waals surface area contributed by atoms with Crippen molar-refractivity contribution in [3.63, 3.8) is 0 Å². The molecule has 1 aromatic carbocycles. The summed E-state index contributed by atoms with van der Waals surface area (Å²) in [5, 5.41) is 12.3. The fourth-order valence-electron chi connectivity index (χ4n) is 2.52. The average Bonchev–Trinajstić information content (AvgIpc) is 2.92. The van der Waals surface area contributed by atoms with Crippen molar-refractivity contribution in [3.8, 4) is 11.4 Å². The third kappa shape index (κ3) is 2.32. The molecule has 0 spiro atoms. The van der Waals surface area contributed by atoms with E-state index in [1.165, 1.54) is 0 Å². The molecule has 102 valence electrons. The quantitative estimate of drug-likeness (QED) is 0.838. The minimum atomic E-state index is -0.0137. The number of tetrazole rings is 1. The first kappa shape index (κ1) is 13.5. The first-order chi connectivity index (χ1) is 9.16. The van der Waals surface area contributed by atoms with Crippen LogP contribution in [0, 0.1) is 0 Å². The molecular weight excluding hydrogens is 238 g/mol. The maximum Gasteiger partial charge on any atom is 0.182 e. The molecule has 0 radical (unpaired) electrons. The van der Waals surface area contributed by atoms with E-state index in [0.717, 1.165) is 36.3 Å². The molecule has 0 fully saturated rings. The number of rotatable bonds is 5. The Balaban J connectivity index is 2.50. The van der Waals surface area contributed by atoms with Gasteiger partial charge in [0, 0.05) is 11.3 Å². The molecule has 0 aliphatic heterocycles. The summed E-state index contributed by atoms with van der Waals surface area (Å²) in [6, 6.07) is 7.67. The Morgan fingerprint density at radius 3 is 2.16 bits per heavy atom. The van der Waals surface area contributed by atoms with Gasteiger partial charge in [-0.25, -0.2) is 4.68 Å². The lowest BCUT2D eigenvalue weighted by atomic mass is 9.89. The van der Waals surface area contributed by atoms with E-state index in [9.17, 15) is 0 Å². The van der Waals surface area contributed by atoms with Crippen molar-refractivity contribution in [3.05, 3.63) is 24.3 Å². The second-order valence-corrected chi connectivity index (χ2v) is 4.82. The molecule has 0 aliphatic rings. The highest BCUT2D eigenvalue weighted by molar-refractivity contribution is 5.58. The van der Waals surface area contributed by atoms with Gasteiger partial charge >= 0.3 is 0 Å². The average molecular weight is 259 g/mol. The second-order valence-electron chi connectivity index (χ2n) is 4.82. The van der Waals surface area contributed by atoms with Gasteiger partial charge in [0.2, 0.25) is 0 Å². The van der Waals surface area contributed by atoms with Crippen molar-refractivity contribution < 1.29 is 0 Å². The number of nitrogens with two attached hydrogens (primary N) is 1. The highest BCUT2D eigenvalue weighted by atomic mass is 15.6. The first-order valence-electron chi connectivity index (χ1n) is 6.81. The molecule has 2 N–H and O–H groups in total. The Morgan fingerprint density at radius 1 is 1.05 bits per heavy atom. The Labute approximate surface area is 113 Å². The Kier molecular flexibility index (Phi) is 3.83. The van der Waals surface area contributed by atoms with Gasteiger partial charge < -0.3 is 5.73 Å². The summed E-state index contributed by atoms with van der Waals surface area (Å²) in [5.41, 5.74) is 7.46. The van der Waals surface area contributed by atoms with Crippen LogP contribution in [-0.4, -0.2) is 20.2 Å². The highest BCUT2D eigenvalue weighted by Gasteiger charge is 2.30. The summed E-state index contributed by atoms with van der Waals surface area (Å²) < 4.78 is 1.97. The van der Waals surface area contributed by atoms with E-state index in [1.54, 1.807) is 0 Å². The SMILES string of the molecule is CCC(CC)(CC)n1nnnc1-c1ccc(N)cc1. The number of nitrogen functional groups attached to an aromatic ring is 1. The lowest BCUT2D eigenvalue weighted by molar-refractivity contribution is 0.223. The highest BCUT2D eigenvalue weighted by Crippen LogP contribution is 2.32. The van der Waals surface area contributed by atoms with E-state index in [2.05, 4.69) is 36.3 Å². The van der Waals surface area contributed by atoms with E-state index in [1.807, 2.05) is 28.9 Å². The maximum atomic E-state index is 5.72. The van der Waals surface area contributed by atoms with Crippen LogP contribution < -0.4 is 5.73 Å². The molecule has 5 nitrogen and oxygen atoms in total. The third-order valence-corrected chi connectivity index (χ3v) is 4.06. The normalized spacial score (nSPS) is 11.7. The topological polar surface area (TPSA) is 69.6 Å². The standard InChI is InChI=1S/C14H21N5/c1-4-14(5-2,6-3)19-13(16-17-18-19)11-7-9-12(15)10-8-11/h7-10H,4-6,15H2,1-3H3. The summed E-state index contributed by atoms with van der Waals surface area (Å²) in [7, 11) is 0. The van der Waals surface area contributed by atoms with Gasteiger partial charge in [-0.05, 0) is 54.0 Å². The number of hydrogen-bond acceptors (Lipinski definition) is 4. The fourth-order valence-corrected chi connectivity index (χ4v) is 2.52. The number of aromatic nitrogens is 4. The summed E-state index contributed by atoms with van der Waals surface area (Å²) in [6.07, 6.45) is 3.02. The molecule has 0 aliphatic carbocycles. The van der Waals surface area contributed by atoms with Gasteiger partial charge in [-0.15, -0.1) is 5.10 Å². The van der Waals surface area contributed by atoms with Crippen molar-refractivity contribution in [1.82, 2.24) is 20.2 Å². The van der Waals surface area contributed by atoms with Gasteiger partial charge in [0.15, 0.2) is 5.82 Å². The summed E-state index contributed by atoms with van der Waals surface area (Å²) in [6.45, 7) is 6.55. The van der Waals surface area contributed by atoms with Crippen LogP contribution in [0.5, 0.6) is 0 Å². The maximum absolute atomic E-state index is 5.72. The molecule has 19 heavy (non-hydrogen) atoms. The zero-order valence-electron chi connectivity index (χ0n) is 11.8. The molecule has 0 bridgehead atoms. The van der Waals surface area contributed by atoms with Crippen LogP contribution in [0.3, 0.4) is 0 Å². The van der Waals surface area contributed by atoms with Gasteiger partial charge in [0.25, 0.3) is 0 Å². The van der Waals surface area contributed by atoms with Crippen molar-refractivity contribution in [2.24, 2.45) is 0 Å². The lowest BCUT2D eigenvalue weighted by Gasteiger charge is -2.31. The van der Waals surface area contributed by atoms with Gasteiger partial charge in [-0.3, -0.25) is 0 Å². The number of benzene rings is 1. The molecule has 5 heteroatoms. The lowest BCUT2D eigenvalue weighted by Crippen LogP contribution is -2.33. The molecule has 2 rings (SSSR count). The Hall–Kier alpha value is -1.91. The minimum Gasteiger partial charge on any atom is -0.399 e. The molecule has 0 saturated carbocycles. The molecular formula is C14H21N5. The van der Waals surface area contributed by atoms with Crippen LogP contribution in [0.2, 0.25) is 0 Å². The van der Waals surface area contributed by atoms with Gasteiger partial charge in [0.1, 0.15) is 0 Å². The molecule has 0 saturated heterocycles. The molecule has 0 amide bonds. The monoisotopic (exact) mass is 259 g/mol. The zero-order chi connectivity index (χ0) is 13.9. The van der Waals surface area contributed by atoms with Crippen LogP contribution >= 0.6 is 0 Å². The van der Waals surface area contributed by atoms with Crippen LogP contribution in [0.25, 0.3) is 11.4 Å². The number of hydrogen-bond donors (Lipinski definition) is 1. The summed E-state index contributed by atoms with van der Waals surface area (Å²) >= 11 is 0. The Bertz CT molecular complexity index is 517. The molecule has 0 unspecified atom stereocenters. The minimum absolute atomic E-state index is 0.0137. The molecule has 0 atom stereocenters. The largest absolute Gasteiger partial charge is 0.399 e. The van der Waals surface area contributed by atoms with Crippen LogP contribution in [0.4, 0.5) is 5.69 Å². The van der Waals surface area contributed by atoms with Crippen molar-refractivity contribution in [2.45, 2.75) is 45.6 Å². The van der Waals surface area contributed by atoms with E-state index in [0.29, 0.717) is 0 Å². The Morgan fingerprint density at radius 2 is 1.63 bits per heavy atom. The van der Waals surface area contributed by atoms with Crippen molar-refractivity contribution >= 4 is 5.69 Å². The van der Waals surface area contributed by atoms with E-state index < -0.39 is 0 Å². The number of nitrogens with zero attached hydrogens (tertiary/aromatic N) is 4. The van der Waals surface area contributed by atoms with E-state index >= 15 is 0 Å². The van der Waals surface area contributed by atoms with Crippen molar-refractivity contribution in [1.29, 1.82) is 0 Å². The van der Waals surface area contributed by atoms with Crippen molar-refractivity contribution in [2.75, 3.05) is 5.73 Å². The zero-order valence-corrected chi connectivity index (χ0v) is 11.8. The summed E-state index contributed by atoms with van der Waals surface area (Å²) in [5.74, 6) is 0.811.